The maximum atomic E-state index is 11.4. The second kappa shape index (κ2) is 6.07. The first-order valence-electron chi connectivity index (χ1n) is 5.08. The van der Waals surface area contributed by atoms with E-state index in [4.69, 9.17) is 18.0 Å². The first-order valence-corrected chi connectivity index (χ1v) is 5.49. The highest BCUT2D eigenvalue weighted by atomic mass is 32.1. The summed E-state index contributed by atoms with van der Waals surface area (Å²) in [6, 6.07) is 6.93. The number of carbonyl (C=O) groups excluding carboxylic acids is 1. The number of hydrogen-bond donors (Lipinski definition) is 3. The van der Waals surface area contributed by atoms with Gasteiger partial charge in [0.2, 0.25) is 0 Å². The minimum atomic E-state index is -0.245. The first-order chi connectivity index (χ1) is 7.65. The number of rotatable bonds is 4. The summed E-state index contributed by atoms with van der Waals surface area (Å²) < 4.78 is 0. The van der Waals surface area contributed by atoms with Crippen LogP contribution >= 0.6 is 12.2 Å². The third-order valence-corrected chi connectivity index (χ3v) is 2.20. The summed E-state index contributed by atoms with van der Waals surface area (Å²) in [5, 5.41) is 5.42. The number of carbonyl (C=O) groups is 1. The number of nitrogens with two attached hydrogens (primary N) is 1. The van der Waals surface area contributed by atoms with Crippen LogP contribution < -0.4 is 16.4 Å². The SMILES string of the molecule is CCCNC(=O)Nc1ccccc1C(N)=S. The lowest BCUT2D eigenvalue weighted by Crippen LogP contribution is -2.30. The Kier molecular flexibility index (Phi) is 4.72. The molecule has 16 heavy (non-hydrogen) atoms. The van der Waals surface area contributed by atoms with Gasteiger partial charge in [0.15, 0.2) is 0 Å². The number of para-hydroxylation sites is 1. The van der Waals surface area contributed by atoms with Crippen LogP contribution in [0.4, 0.5) is 10.5 Å². The molecule has 0 atom stereocenters. The Balaban J connectivity index is 2.73. The average Bonchev–Trinajstić information content (AvgIpc) is 2.27. The molecular formula is C11H15N3OS. The summed E-state index contributed by atoms with van der Waals surface area (Å²) in [7, 11) is 0. The molecule has 4 N–H and O–H groups in total. The zero-order chi connectivity index (χ0) is 12.0. The topological polar surface area (TPSA) is 67.2 Å². The van der Waals surface area contributed by atoms with Gasteiger partial charge >= 0.3 is 6.03 Å². The highest BCUT2D eigenvalue weighted by Crippen LogP contribution is 2.14. The van der Waals surface area contributed by atoms with Crippen molar-refractivity contribution >= 4 is 28.9 Å². The van der Waals surface area contributed by atoms with Gasteiger partial charge in [-0.1, -0.05) is 31.3 Å². The van der Waals surface area contributed by atoms with E-state index in [2.05, 4.69) is 10.6 Å². The van der Waals surface area contributed by atoms with Crippen LogP contribution in [0.1, 0.15) is 18.9 Å². The molecule has 1 rings (SSSR count). The predicted octanol–water partition coefficient (Wildman–Crippen LogP) is 1.85. The molecule has 0 spiro atoms. The molecule has 0 saturated heterocycles. The Hall–Kier alpha value is -1.62. The van der Waals surface area contributed by atoms with E-state index >= 15 is 0 Å². The predicted molar refractivity (Wildman–Crippen MR) is 69.6 cm³/mol. The fraction of sp³-hybridized carbons (Fsp3) is 0.273. The maximum Gasteiger partial charge on any atom is 0.319 e. The van der Waals surface area contributed by atoms with Gasteiger partial charge in [0.25, 0.3) is 0 Å². The summed E-state index contributed by atoms with van der Waals surface area (Å²) >= 11 is 4.90. The molecule has 0 unspecified atom stereocenters. The lowest BCUT2D eigenvalue weighted by atomic mass is 10.2. The van der Waals surface area contributed by atoms with Crippen LogP contribution in [-0.4, -0.2) is 17.6 Å². The molecule has 0 aliphatic carbocycles. The minimum Gasteiger partial charge on any atom is -0.389 e. The summed E-state index contributed by atoms with van der Waals surface area (Å²) in [4.78, 5) is 11.7. The van der Waals surface area contributed by atoms with Gasteiger partial charge in [-0.3, -0.25) is 0 Å². The molecule has 0 heterocycles. The Labute approximate surface area is 100 Å². The van der Waals surface area contributed by atoms with Crippen molar-refractivity contribution in [2.24, 2.45) is 5.73 Å². The van der Waals surface area contributed by atoms with Crippen molar-refractivity contribution in [2.75, 3.05) is 11.9 Å². The van der Waals surface area contributed by atoms with Gasteiger partial charge in [0, 0.05) is 12.1 Å². The Morgan fingerprint density at radius 3 is 2.75 bits per heavy atom. The van der Waals surface area contributed by atoms with Crippen molar-refractivity contribution in [1.29, 1.82) is 0 Å². The molecule has 0 aliphatic heterocycles. The van der Waals surface area contributed by atoms with Gasteiger partial charge in [-0.15, -0.1) is 0 Å². The van der Waals surface area contributed by atoms with Crippen LogP contribution in [-0.2, 0) is 0 Å². The summed E-state index contributed by atoms with van der Waals surface area (Å²) in [6.45, 7) is 2.63. The van der Waals surface area contributed by atoms with Crippen LogP contribution in [0, 0.1) is 0 Å². The third-order valence-electron chi connectivity index (χ3n) is 1.98. The standard InChI is InChI=1S/C11H15N3OS/c1-2-7-13-11(15)14-9-6-4-3-5-8(9)10(12)16/h3-6H,2,7H2,1H3,(H2,12,16)(H2,13,14,15). The lowest BCUT2D eigenvalue weighted by molar-refractivity contribution is 0.252. The highest BCUT2D eigenvalue weighted by molar-refractivity contribution is 7.80. The number of amides is 2. The molecule has 1 aromatic rings. The molecule has 2 amide bonds. The number of anilines is 1. The molecule has 1 aromatic carbocycles. The van der Waals surface area contributed by atoms with Crippen molar-refractivity contribution in [3.8, 4) is 0 Å². The van der Waals surface area contributed by atoms with Crippen LogP contribution in [0.25, 0.3) is 0 Å². The van der Waals surface area contributed by atoms with E-state index in [0.29, 0.717) is 17.8 Å². The van der Waals surface area contributed by atoms with Gasteiger partial charge in [-0.25, -0.2) is 4.79 Å². The van der Waals surface area contributed by atoms with Gasteiger partial charge in [-0.2, -0.15) is 0 Å². The normalized spacial score (nSPS) is 9.56. The maximum absolute atomic E-state index is 11.4. The molecule has 0 fully saturated rings. The van der Waals surface area contributed by atoms with E-state index in [1.165, 1.54) is 0 Å². The molecular weight excluding hydrogens is 222 g/mol. The number of hydrogen-bond acceptors (Lipinski definition) is 2. The Morgan fingerprint density at radius 1 is 1.44 bits per heavy atom. The van der Waals surface area contributed by atoms with Crippen molar-refractivity contribution in [1.82, 2.24) is 5.32 Å². The van der Waals surface area contributed by atoms with Gasteiger partial charge < -0.3 is 16.4 Å². The van der Waals surface area contributed by atoms with Crippen LogP contribution in [0.5, 0.6) is 0 Å². The second-order valence-electron chi connectivity index (χ2n) is 3.29. The second-order valence-corrected chi connectivity index (χ2v) is 3.73. The molecule has 0 aliphatic rings. The zero-order valence-corrected chi connectivity index (χ0v) is 9.93. The fourth-order valence-corrected chi connectivity index (χ4v) is 1.39. The smallest absolute Gasteiger partial charge is 0.319 e. The quantitative estimate of drug-likeness (QED) is 0.700. The number of nitrogens with one attached hydrogen (secondary N) is 2. The molecule has 0 saturated carbocycles. The number of urea groups is 1. The lowest BCUT2D eigenvalue weighted by Gasteiger charge is -2.10. The summed E-state index contributed by atoms with van der Waals surface area (Å²) in [6.07, 6.45) is 0.893. The minimum absolute atomic E-state index is 0.245. The molecule has 0 bridgehead atoms. The Morgan fingerprint density at radius 2 is 2.12 bits per heavy atom. The van der Waals surface area contributed by atoms with Gasteiger partial charge in [0.05, 0.1) is 5.69 Å². The van der Waals surface area contributed by atoms with E-state index in [-0.39, 0.29) is 11.0 Å². The zero-order valence-electron chi connectivity index (χ0n) is 9.12. The van der Waals surface area contributed by atoms with E-state index in [1.807, 2.05) is 19.1 Å². The molecule has 0 aromatic heterocycles. The third kappa shape index (κ3) is 3.51. The van der Waals surface area contributed by atoms with Crippen LogP contribution in [0.2, 0.25) is 0 Å². The summed E-state index contributed by atoms with van der Waals surface area (Å²) in [5.41, 5.74) is 6.85. The average molecular weight is 237 g/mol. The van der Waals surface area contributed by atoms with Crippen molar-refractivity contribution in [3.63, 3.8) is 0 Å². The van der Waals surface area contributed by atoms with Crippen molar-refractivity contribution in [2.45, 2.75) is 13.3 Å². The van der Waals surface area contributed by atoms with Crippen LogP contribution in [0.3, 0.4) is 0 Å². The fourth-order valence-electron chi connectivity index (χ4n) is 1.21. The van der Waals surface area contributed by atoms with E-state index in [0.717, 1.165) is 6.42 Å². The van der Waals surface area contributed by atoms with Crippen LogP contribution in [0.15, 0.2) is 24.3 Å². The van der Waals surface area contributed by atoms with Crippen molar-refractivity contribution < 1.29 is 4.79 Å². The molecule has 5 heteroatoms. The first kappa shape index (κ1) is 12.4. The van der Waals surface area contributed by atoms with Crippen molar-refractivity contribution in [3.05, 3.63) is 29.8 Å². The van der Waals surface area contributed by atoms with Gasteiger partial charge in [-0.05, 0) is 18.6 Å². The Bertz CT molecular complexity index is 393. The molecule has 86 valence electrons. The largest absolute Gasteiger partial charge is 0.389 e. The highest BCUT2D eigenvalue weighted by Gasteiger charge is 2.06. The summed E-state index contributed by atoms with van der Waals surface area (Å²) in [5.74, 6) is 0. The van der Waals surface area contributed by atoms with Gasteiger partial charge in [0.1, 0.15) is 4.99 Å². The van der Waals surface area contributed by atoms with E-state index in [1.54, 1.807) is 12.1 Å². The molecule has 0 radical (unpaired) electrons. The monoisotopic (exact) mass is 237 g/mol. The molecule has 4 nitrogen and oxygen atoms in total. The van der Waals surface area contributed by atoms with E-state index < -0.39 is 0 Å². The number of thiocarbonyl (C=S) groups is 1. The number of benzene rings is 1. The van der Waals surface area contributed by atoms with E-state index in [9.17, 15) is 4.79 Å².